The van der Waals surface area contributed by atoms with Crippen molar-refractivity contribution in [3.05, 3.63) is 100 Å². The summed E-state index contributed by atoms with van der Waals surface area (Å²) in [5, 5.41) is 3.37. The number of amides is 1. The van der Waals surface area contributed by atoms with Gasteiger partial charge < -0.3 is 5.32 Å². The van der Waals surface area contributed by atoms with E-state index in [4.69, 9.17) is 11.6 Å². The van der Waals surface area contributed by atoms with E-state index in [2.05, 4.69) is 5.32 Å². The average Bonchev–Trinajstić information content (AvgIpc) is 2.74. The lowest BCUT2D eigenvalue weighted by atomic mass is 10.1. The van der Waals surface area contributed by atoms with Crippen LogP contribution < -0.4 is 5.32 Å². The van der Waals surface area contributed by atoms with Crippen molar-refractivity contribution in [1.29, 1.82) is 0 Å². The lowest BCUT2D eigenvalue weighted by Gasteiger charge is -2.17. The molecule has 0 atom stereocenters. The van der Waals surface area contributed by atoms with Crippen molar-refractivity contribution in [3.63, 3.8) is 0 Å². The molecule has 156 valence electrons. The smallest absolute Gasteiger partial charge is 0.251 e. The van der Waals surface area contributed by atoms with Gasteiger partial charge in [0.25, 0.3) is 5.91 Å². The molecule has 0 saturated carbocycles. The van der Waals surface area contributed by atoms with Gasteiger partial charge in [-0.05, 0) is 54.4 Å². The van der Waals surface area contributed by atoms with Crippen molar-refractivity contribution in [2.75, 3.05) is 7.05 Å². The van der Waals surface area contributed by atoms with E-state index in [1.807, 2.05) is 31.2 Å². The van der Waals surface area contributed by atoms with Crippen molar-refractivity contribution in [3.8, 4) is 0 Å². The molecule has 0 aliphatic rings. The van der Waals surface area contributed by atoms with E-state index < -0.39 is 10.0 Å². The molecule has 3 aromatic carbocycles. The highest BCUT2D eigenvalue weighted by Crippen LogP contribution is 2.19. The molecule has 5 nitrogen and oxygen atoms in total. The third-order valence-electron chi connectivity index (χ3n) is 4.72. The van der Waals surface area contributed by atoms with E-state index in [0.717, 1.165) is 11.1 Å². The van der Waals surface area contributed by atoms with Gasteiger partial charge in [0.05, 0.1) is 4.90 Å². The molecule has 1 amide bonds. The molecule has 1 N–H and O–H groups in total. The highest BCUT2D eigenvalue weighted by atomic mass is 35.5. The predicted octanol–water partition coefficient (Wildman–Crippen LogP) is 4.40. The average molecular weight is 443 g/mol. The third kappa shape index (κ3) is 5.48. The number of aryl methyl sites for hydroxylation is 1. The van der Waals surface area contributed by atoms with Crippen LogP contribution in [0.15, 0.2) is 77.7 Å². The predicted molar refractivity (Wildman–Crippen MR) is 119 cm³/mol. The van der Waals surface area contributed by atoms with Gasteiger partial charge in [-0.15, -0.1) is 0 Å². The van der Waals surface area contributed by atoms with Crippen LogP contribution in [0, 0.1) is 6.92 Å². The van der Waals surface area contributed by atoms with Crippen LogP contribution in [-0.4, -0.2) is 25.7 Å². The molecule has 0 bridgehead atoms. The third-order valence-corrected chi connectivity index (χ3v) is 6.79. The zero-order chi connectivity index (χ0) is 21.7. The molecule has 0 aliphatic heterocycles. The number of halogens is 1. The van der Waals surface area contributed by atoms with Crippen LogP contribution in [-0.2, 0) is 23.1 Å². The molecule has 3 aromatic rings. The lowest BCUT2D eigenvalue weighted by molar-refractivity contribution is 0.0951. The van der Waals surface area contributed by atoms with Crippen molar-refractivity contribution in [2.45, 2.75) is 24.9 Å². The van der Waals surface area contributed by atoms with Crippen molar-refractivity contribution >= 4 is 27.5 Å². The SMILES string of the molecule is Cc1ccc(CNC(=O)c2ccc(CN(C)S(=O)(=O)c3ccc(Cl)cc3)cc2)cc1. The van der Waals surface area contributed by atoms with Crippen molar-refractivity contribution in [1.82, 2.24) is 9.62 Å². The van der Waals surface area contributed by atoms with Gasteiger partial charge in [0.15, 0.2) is 0 Å². The summed E-state index contributed by atoms with van der Waals surface area (Å²) in [5.41, 5.74) is 3.50. The molecular formula is C23H23ClN2O3S. The Kier molecular flexibility index (Phi) is 6.92. The fraction of sp³-hybridized carbons (Fsp3) is 0.174. The molecule has 0 spiro atoms. The normalized spacial score (nSPS) is 11.5. The van der Waals surface area contributed by atoms with Crippen LogP contribution in [0.1, 0.15) is 27.0 Å². The molecule has 7 heteroatoms. The fourth-order valence-electron chi connectivity index (χ4n) is 2.88. The number of nitrogens with one attached hydrogen (secondary N) is 1. The van der Waals surface area contributed by atoms with Crippen LogP contribution in [0.4, 0.5) is 0 Å². The molecule has 0 unspecified atom stereocenters. The fourth-order valence-corrected chi connectivity index (χ4v) is 4.17. The van der Waals surface area contributed by atoms with Gasteiger partial charge in [-0.2, -0.15) is 4.31 Å². The Hall–Kier alpha value is -2.67. The Morgan fingerprint density at radius 1 is 0.900 bits per heavy atom. The summed E-state index contributed by atoms with van der Waals surface area (Å²) in [6, 6.07) is 20.9. The van der Waals surface area contributed by atoms with Crippen LogP contribution in [0.3, 0.4) is 0 Å². The zero-order valence-corrected chi connectivity index (χ0v) is 18.4. The van der Waals surface area contributed by atoms with E-state index >= 15 is 0 Å². The van der Waals surface area contributed by atoms with E-state index in [1.54, 1.807) is 36.4 Å². The second-order valence-electron chi connectivity index (χ2n) is 7.08. The quantitative estimate of drug-likeness (QED) is 0.589. The first-order valence-electron chi connectivity index (χ1n) is 9.40. The molecule has 0 aromatic heterocycles. The number of benzene rings is 3. The minimum atomic E-state index is -3.63. The van der Waals surface area contributed by atoms with E-state index in [-0.39, 0.29) is 17.3 Å². The molecule has 0 heterocycles. The van der Waals surface area contributed by atoms with E-state index in [0.29, 0.717) is 17.1 Å². The Labute approximate surface area is 182 Å². The maximum absolute atomic E-state index is 12.7. The number of carbonyl (C=O) groups excluding carboxylic acids is 1. The first-order chi connectivity index (χ1) is 14.3. The van der Waals surface area contributed by atoms with Crippen LogP contribution in [0.25, 0.3) is 0 Å². The van der Waals surface area contributed by atoms with Gasteiger partial charge in [-0.1, -0.05) is 53.6 Å². The Morgan fingerprint density at radius 3 is 2.07 bits per heavy atom. The van der Waals surface area contributed by atoms with Crippen molar-refractivity contribution in [2.24, 2.45) is 0 Å². The first-order valence-corrected chi connectivity index (χ1v) is 11.2. The monoisotopic (exact) mass is 442 g/mol. The molecule has 0 saturated heterocycles. The summed E-state index contributed by atoms with van der Waals surface area (Å²) in [5.74, 6) is -0.177. The molecule has 0 fully saturated rings. The lowest BCUT2D eigenvalue weighted by Crippen LogP contribution is -2.26. The summed E-state index contributed by atoms with van der Waals surface area (Å²) in [4.78, 5) is 12.5. The maximum Gasteiger partial charge on any atom is 0.251 e. The van der Waals surface area contributed by atoms with Gasteiger partial charge in [0.1, 0.15) is 0 Å². The number of carbonyl (C=O) groups is 1. The van der Waals surface area contributed by atoms with Gasteiger partial charge in [-0.3, -0.25) is 4.79 Å². The van der Waals surface area contributed by atoms with Gasteiger partial charge >= 0.3 is 0 Å². The topological polar surface area (TPSA) is 66.5 Å². The van der Waals surface area contributed by atoms with Crippen molar-refractivity contribution < 1.29 is 13.2 Å². The van der Waals surface area contributed by atoms with E-state index in [1.165, 1.54) is 29.0 Å². The Bertz CT molecular complexity index is 1110. The number of rotatable bonds is 7. The highest BCUT2D eigenvalue weighted by molar-refractivity contribution is 7.89. The Morgan fingerprint density at radius 2 is 1.47 bits per heavy atom. The second-order valence-corrected chi connectivity index (χ2v) is 9.56. The molecule has 0 radical (unpaired) electrons. The van der Waals surface area contributed by atoms with Gasteiger partial charge in [0.2, 0.25) is 10.0 Å². The second kappa shape index (κ2) is 9.43. The summed E-state index contributed by atoms with van der Waals surface area (Å²) >= 11 is 5.83. The number of hydrogen-bond donors (Lipinski definition) is 1. The van der Waals surface area contributed by atoms with Crippen LogP contribution in [0.5, 0.6) is 0 Å². The largest absolute Gasteiger partial charge is 0.348 e. The summed E-state index contributed by atoms with van der Waals surface area (Å²) < 4.78 is 26.6. The standard InChI is InChI=1S/C23H23ClN2O3S/c1-17-3-5-18(6-4-17)15-25-23(27)20-9-7-19(8-10-20)16-26(2)30(28,29)22-13-11-21(24)12-14-22/h3-14H,15-16H2,1-2H3,(H,25,27). The molecule has 0 aliphatic carbocycles. The number of sulfonamides is 1. The first kappa shape index (κ1) is 22.0. The zero-order valence-electron chi connectivity index (χ0n) is 16.8. The maximum atomic E-state index is 12.7. The molecule has 30 heavy (non-hydrogen) atoms. The van der Waals surface area contributed by atoms with Gasteiger partial charge in [-0.25, -0.2) is 8.42 Å². The highest BCUT2D eigenvalue weighted by Gasteiger charge is 2.20. The number of hydrogen-bond acceptors (Lipinski definition) is 3. The van der Waals surface area contributed by atoms with Crippen LogP contribution >= 0.6 is 11.6 Å². The van der Waals surface area contributed by atoms with E-state index in [9.17, 15) is 13.2 Å². The minimum absolute atomic E-state index is 0.177. The Balaban J connectivity index is 1.61. The molecular weight excluding hydrogens is 420 g/mol. The molecule has 3 rings (SSSR count). The number of nitrogens with zero attached hydrogens (tertiary/aromatic N) is 1. The summed E-state index contributed by atoms with van der Waals surface area (Å²) in [7, 11) is -2.11. The minimum Gasteiger partial charge on any atom is -0.348 e. The van der Waals surface area contributed by atoms with Crippen LogP contribution in [0.2, 0.25) is 5.02 Å². The summed E-state index contributed by atoms with van der Waals surface area (Å²) in [6.07, 6.45) is 0. The van der Waals surface area contributed by atoms with Gasteiger partial charge in [0, 0.05) is 30.7 Å². The summed E-state index contributed by atoms with van der Waals surface area (Å²) in [6.45, 7) is 2.65.